The second-order valence-corrected chi connectivity index (χ2v) is 5.72. The maximum absolute atomic E-state index is 6.05. The van der Waals surface area contributed by atoms with Crippen molar-refractivity contribution in [1.29, 1.82) is 0 Å². The van der Waals surface area contributed by atoms with Gasteiger partial charge in [-0.1, -0.05) is 36.6 Å². The Hall–Kier alpha value is -1.88. The number of hydrogen-bond donors (Lipinski definition) is 1. The fourth-order valence-electron chi connectivity index (χ4n) is 3.13. The number of nitrogens with two attached hydrogens (primary N) is 1. The molecule has 112 valence electrons. The number of methoxy groups -OCH3 is 1. The number of rotatable bonds is 3. The molecule has 0 bridgehead atoms. The number of benzene rings is 1. The summed E-state index contributed by atoms with van der Waals surface area (Å²) in [6.07, 6.45) is 5.37. The molecule has 3 rings (SSSR count). The molecule has 5 nitrogen and oxygen atoms in total. The average Bonchev–Trinajstić information content (AvgIpc) is 2.98. The summed E-state index contributed by atoms with van der Waals surface area (Å²) in [7, 11) is 1.73. The van der Waals surface area contributed by atoms with Gasteiger partial charge >= 0.3 is 0 Å². The minimum absolute atomic E-state index is 0.405. The minimum atomic E-state index is -0.405. The third-order valence-electron chi connectivity index (χ3n) is 4.40. The number of hydrogen-bond acceptors (Lipinski definition) is 5. The van der Waals surface area contributed by atoms with Gasteiger partial charge in [-0.2, -0.15) is 4.98 Å². The Morgan fingerprint density at radius 2 is 2.00 bits per heavy atom. The largest absolute Gasteiger partial charge is 0.398 e. The van der Waals surface area contributed by atoms with E-state index in [0.717, 1.165) is 36.8 Å². The monoisotopic (exact) mass is 287 g/mol. The molecule has 1 saturated carbocycles. The summed E-state index contributed by atoms with van der Waals surface area (Å²) < 4.78 is 11.2. The number of ether oxygens (including phenoxy) is 1. The quantitative estimate of drug-likeness (QED) is 0.875. The molecular formula is C16H21N3O2. The van der Waals surface area contributed by atoms with E-state index in [9.17, 15) is 0 Å². The van der Waals surface area contributed by atoms with Crippen molar-refractivity contribution in [2.24, 2.45) is 0 Å². The van der Waals surface area contributed by atoms with Gasteiger partial charge < -0.3 is 15.0 Å². The van der Waals surface area contributed by atoms with Crippen molar-refractivity contribution in [3.63, 3.8) is 0 Å². The van der Waals surface area contributed by atoms with Crippen molar-refractivity contribution >= 4 is 5.69 Å². The molecule has 1 aromatic carbocycles. The molecular weight excluding hydrogens is 266 g/mol. The van der Waals surface area contributed by atoms with Crippen molar-refractivity contribution in [3.8, 4) is 11.5 Å². The van der Waals surface area contributed by atoms with Gasteiger partial charge in [0, 0.05) is 12.8 Å². The van der Waals surface area contributed by atoms with Gasteiger partial charge in [-0.3, -0.25) is 0 Å². The highest BCUT2D eigenvalue weighted by Crippen LogP contribution is 2.39. The lowest BCUT2D eigenvalue weighted by molar-refractivity contribution is -0.0527. The third kappa shape index (κ3) is 2.42. The molecule has 2 aromatic rings. The fraction of sp³-hybridized carbons (Fsp3) is 0.500. The molecule has 0 amide bonds. The summed E-state index contributed by atoms with van der Waals surface area (Å²) in [4.78, 5) is 4.59. The SMILES string of the molecule is COC1(c2noc(-c3c(C)cccc3N)n2)CCCCC1. The first-order valence-electron chi connectivity index (χ1n) is 7.41. The Balaban J connectivity index is 2.00. The van der Waals surface area contributed by atoms with Gasteiger partial charge in [-0.25, -0.2) is 0 Å². The molecule has 0 spiro atoms. The zero-order valence-electron chi connectivity index (χ0n) is 12.6. The topological polar surface area (TPSA) is 74.2 Å². The Morgan fingerprint density at radius 3 is 2.67 bits per heavy atom. The lowest BCUT2D eigenvalue weighted by Crippen LogP contribution is -2.32. The van der Waals surface area contributed by atoms with Gasteiger partial charge in [-0.15, -0.1) is 0 Å². The van der Waals surface area contributed by atoms with E-state index in [-0.39, 0.29) is 0 Å². The van der Waals surface area contributed by atoms with Gasteiger partial charge in [-0.05, 0) is 31.4 Å². The van der Waals surface area contributed by atoms with Crippen LogP contribution in [0.4, 0.5) is 5.69 Å². The summed E-state index contributed by atoms with van der Waals surface area (Å²) in [6, 6.07) is 5.75. The second kappa shape index (κ2) is 5.48. The van der Waals surface area contributed by atoms with Crippen LogP contribution in [0.1, 0.15) is 43.5 Å². The molecule has 1 fully saturated rings. The number of aryl methyl sites for hydroxylation is 1. The molecule has 21 heavy (non-hydrogen) atoms. The zero-order valence-corrected chi connectivity index (χ0v) is 12.6. The van der Waals surface area contributed by atoms with E-state index in [1.807, 2.05) is 25.1 Å². The van der Waals surface area contributed by atoms with Crippen LogP contribution >= 0.6 is 0 Å². The Morgan fingerprint density at radius 1 is 1.24 bits per heavy atom. The van der Waals surface area contributed by atoms with Crippen LogP contribution in [0.15, 0.2) is 22.7 Å². The molecule has 1 aliphatic carbocycles. The van der Waals surface area contributed by atoms with Crippen LogP contribution in [-0.4, -0.2) is 17.3 Å². The number of nitrogen functional groups attached to an aromatic ring is 1. The Kier molecular flexibility index (Phi) is 3.68. The Labute approximate surface area is 124 Å². The fourth-order valence-corrected chi connectivity index (χ4v) is 3.13. The molecule has 1 heterocycles. The van der Waals surface area contributed by atoms with Crippen LogP contribution in [0.5, 0.6) is 0 Å². The summed E-state index contributed by atoms with van der Waals surface area (Å²) >= 11 is 0. The molecule has 0 radical (unpaired) electrons. The molecule has 1 aromatic heterocycles. The van der Waals surface area contributed by atoms with Crippen molar-refractivity contribution in [2.45, 2.75) is 44.6 Å². The number of anilines is 1. The Bertz CT molecular complexity index is 610. The van der Waals surface area contributed by atoms with E-state index < -0.39 is 5.60 Å². The normalized spacial score (nSPS) is 17.8. The van der Waals surface area contributed by atoms with E-state index in [0.29, 0.717) is 17.4 Å². The van der Waals surface area contributed by atoms with E-state index in [4.69, 9.17) is 15.0 Å². The highest BCUT2D eigenvalue weighted by Gasteiger charge is 2.38. The standard InChI is InChI=1S/C16H21N3O2/c1-11-7-6-8-12(17)13(11)14-18-15(19-21-14)16(20-2)9-4-3-5-10-16/h6-8H,3-5,9-10,17H2,1-2H3. The molecule has 0 saturated heterocycles. The first kappa shape index (κ1) is 14.1. The van der Waals surface area contributed by atoms with Crippen LogP contribution in [-0.2, 0) is 10.3 Å². The predicted molar refractivity (Wildman–Crippen MR) is 80.7 cm³/mol. The minimum Gasteiger partial charge on any atom is -0.398 e. The number of aromatic nitrogens is 2. The van der Waals surface area contributed by atoms with Crippen molar-refractivity contribution < 1.29 is 9.26 Å². The number of nitrogens with zero attached hydrogens (tertiary/aromatic N) is 2. The van der Waals surface area contributed by atoms with E-state index >= 15 is 0 Å². The van der Waals surface area contributed by atoms with Crippen molar-refractivity contribution in [2.75, 3.05) is 12.8 Å². The summed E-state index contributed by atoms with van der Waals surface area (Å²) in [5, 5.41) is 4.17. The average molecular weight is 287 g/mol. The molecule has 0 unspecified atom stereocenters. The molecule has 0 aliphatic heterocycles. The van der Waals surface area contributed by atoms with Crippen LogP contribution in [0.25, 0.3) is 11.5 Å². The highest BCUT2D eigenvalue weighted by molar-refractivity contribution is 5.73. The summed E-state index contributed by atoms with van der Waals surface area (Å²) in [6.45, 7) is 1.99. The maximum atomic E-state index is 6.05. The maximum Gasteiger partial charge on any atom is 0.260 e. The lowest BCUT2D eigenvalue weighted by Gasteiger charge is -2.32. The molecule has 5 heteroatoms. The van der Waals surface area contributed by atoms with E-state index in [2.05, 4.69) is 10.1 Å². The van der Waals surface area contributed by atoms with Crippen LogP contribution in [0, 0.1) is 6.92 Å². The smallest absolute Gasteiger partial charge is 0.260 e. The molecule has 0 atom stereocenters. The lowest BCUT2D eigenvalue weighted by atomic mass is 9.84. The first-order valence-corrected chi connectivity index (χ1v) is 7.41. The predicted octanol–water partition coefficient (Wildman–Crippen LogP) is 3.43. The third-order valence-corrected chi connectivity index (χ3v) is 4.40. The molecule has 1 aliphatic rings. The van der Waals surface area contributed by atoms with Crippen molar-refractivity contribution in [1.82, 2.24) is 10.1 Å². The van der Waals surface area contributed by atoms with Crippen LogP contribution < -0.4 is 5.73 Å². The highest BCUT2D eigenvalue weighted by atomic mass is 16.5. The van der Waals surface area contributed by atoms with Gasteiger partial charge in [0.25, 0.3) is 5.89 Å². The van der Waals surface area contributed by atoms with Gasteiger partial charge in [0.05, 0.1) is 5.56 Å². The van der Waals surface area contributed by atoms with Crippen molar-refractivity contribution in [3.05, 3.63) is 29.6 Å². The summed E-state index contributed by atoms with van der Waals surface area (Å²) in [5.41, 5.74) is 8.14. The zero-order chi connectivity index (χ0) is 14.9. The molecule has 2 N–H and O–H groups in total. The van der Waals surface area contributed by atoms with Gasteiger partial charge in [0.1, 0.15) is 5.60 Å². The summed E-state index contributed by atoms with van der Waals surface area (Å²) in [5.74, 6) is 1.12. The van der Waals surface area contributed by atoms with Crippen LogP contribution in [0.3, 0.4) is 0 Å². The van der Waals surface area contributed by atoms with Crippen LogP contribution in [0.2, 0.25) is 0 Å². The van der Waals surface area contributed by atoms with Gasteiger partial charge in [0.15, 0.2) is 0 Å². The van der Waals surface area contributed by atoms with E-state index in [1.165, 1.54) is 6.42 Å². The second-order valence-electron chi connectivity index (χ2n) is 5.72. The van der Waals surface area contributed by atoms with E-state index in [1.54, 1.807) is 7.11 Å². The van der Waals surface area contributed by atoms with Gasteiger partial charge in [0.2, 0.25) is 5.82 Å². The first-order chi connectivity index (χ1) is 10.2.